The van der Waals surface area contributed by atoms with E-state index in [9.17, 15) is 8.78 Å². The van der Waals surface area contributed by atoms with Crippen molar-refractivity contribution in [3.8, 4) is 0 Å². The van der Waals surface area contributed by atoms with Gasteiger partial charge in [0, 0.05) is 19.6 Å². The van der Waals surface area contributed by atoms with Gasteiger partial charge >= 0.3 is 0 Å². The molecule has 5 heteroatoms. The second kappa shape index (κ2) is 7.20. The third-order valence-electron chi connectivity index (χ3n) is 3.66. The zero-order chi connectivity index (χ0) is 15.2. The van der Waals surface area contributed by atoms with Crippen LogP contribution in [-0.4, -0.2) is 25.6 Å². The number of rotatable bonds is 4. The molecule has 0 aliphatic heterocycles. The molecule has 2 N–H and O–H groups in total. The van der Waals surface area contributed by atoms with Gasteiger partial charge in [0.05, 0.1) is 0 Å². The summed E-state index contributed by atoms with van der Waals surface area (Å²) >= 11 is 0. The standard InChI is InChI=1S/C16H21F2N3/c1-11(12-7-8-14(17)15(18)9-12)10-20-16(19-2)21-13-5-3-4-6-13/h3-4,7-9,11,13H,5-6,10H2,1-2H3,(H2,19,20,21). The molecule has 1 unspecified atom stereocenters. The normalized spacial score (nSPS) is 17.0. The number of nitrogens with zero attached hydrogens (tertiary/aromatic N) is 1. The predicted molar refractivity (Wildman–Crippen MR) is 81.4 cm³/mol. The van der Waals surface area contributed by atoms with Crippen molar-refractivity contribution in [3.05, 3.63) is 47.5 Å². The quantitative estimate of drug-likeness (QED) is 0.509. The minimum Gasteiger partial charge on any atom is -0.356 e. The molecule has 2 rings (SSSR count). The Kier molecular flexibility index (Phi) is 5.31. The van der Waals surface area contributed by atoms with Crippen molar-refractivity contribution in [2.45, 2.75) is 31.7 Å². The molecular weight excluding hydrogens is 272 g/mol. The molecule has 0 bridgehead atoms. The van der Waals surface area contributed by atoms with Gasteiger partial charge in [-0.15, -0.1) is 0 Å². The van der Waals surface area contributed by atoms with E-state index in [2.05, 4.69) is 27.8 Å². The summed E-state index contributed by atoms with van der Waals surface area (Å²) in [5.74, 6) is -0.831. The molecule has 1 aromatic carbocycles. The fraction of sp³-hybridized carbons (Fsp3) is 0.438. The van der Waals surface area contributed by atoms with Gasteiger partial charge in [0.2, 0.25) is 0 Å². The zero-order valence-corrected chi connectivity index (χ0v) is 12.4. The van der Waals surface area contributed by atoms with E-state index < -0.39 is 11.6 Å². The van der Waals surface area contributed by atoms with Crippen LogP contribution < -0.4 is 10.6 Å². The SMILES string of the molecule is CN=C(NCC(C)c1ccc(F)c(F)c1)NC1CC=CC1. The third kappa shape index (κ3) is 4.28. The largest absolute Gasteiger partial charge is 0.356 e. The van der Waals surface area contributed by atoms with E-state index in [1.54, 1.807) is 13.1 Å². The lowest BCUT2D eigenvalue weighted by atomic mass is 10.0. The summed E-state index contributed by atoms with van der Waals surface area (Å²) in [5, 5.41) is 6.56. The lowest BCUT2D eigenvalue weighted by Gasteiger charge is -2.19. The van der Waals surface area contributed by atoms with Crippen LogP contribution in [0.4, 0.5) is 8.78 Å². The molecule has 0 saturated carbocycles. The Bertz CT molecular complexity index is 532. The Morgan fingerprint density at radius 2 is 2.00 bits per heavy atom. The Balaban J connectivity index is 1.86. The molecule has 0 spiro atoms. The first kappa shape index (κ1) is 15.5. The average molecular weight is 293 g/mol. The molecule has 1 aliphatic rings. The fourth-order valence-electron chi connectivity index (χ4n) is 2.31. The van der Waals surface area contributed by atoms with Gasteiger partial charge in [-0.05, 0) is 36.5 Å². The summed E-state index contributed by atoms with van der Waals surface area (Å²) in [5.41, 5.74) is 0.763. The van der Waals surface area contributed by atoms with Crippen molar-refractivity contribution in [2.24, 2.45) is 4.99 Å². The maximum absolute atomic E-state index is 13.2. The summed E-state index contributed by atoms with van der Waals surface area (Å²) in [6.45, 7) is 2.56. The molecule has 1 aliphatic carbocycles. The summed E-state index contributed by atoms with van der Waals surface area (Å²) in [6, 6.07) is 4.41. The van der Waals surface area contributed by atoms with E-state index in [0.29, 0.717) is 12.6 Å². The lowest BCUT2D eigenvalue weighted by Crippen LogP contribution is -2.43. The van der Waals surface area contributed by atoms with Crippen LogP contribution in [0.15, 0.2) is 35.3 Å². The molecule has 0 fully saturated rings. The number of aliphatic imine (C=N–C) groups is 1. The first-order valence-corrected chi connectivity index (χ1v) is 7.17. The van der Waals surface area contributed by atoms with Crippen LogP contribution >= 0.6 is 0 Å². The molecule has 1 atom stereocenters. The Labute approximate surface area is 124 Å². The van der Waals surface area contributed by atoms with Gasteiger partial charge in [-0.25, -0.2) is 8.78 Å². The highest BCUT2D eigenvalue weighted by molar-refractivity contribution is 5.80. The monoisotopic (exact) mass is 293 g/mol. The molecule has 0 amide bonds. The average Bonchev–Trinajstić information content (AvgIpc) is 2.99. The number of hydrogen-bond donors (Lipinski definition) is 2. The molecule has 1 aromatic rings. The van der Waals surface area contributed by atoms with E-state index in [-0.39, 0.29) is 5.92 Å². The maximum Gasteiger partial charge on any atom is 0.191 e. The summed E-state index contributed by atoms with van der Waals surface area (Å²) in [6.07, 6.45) is 6.29. The van der Waals surface area contributed by atoms with E-state index in [4.69, 9.17) is 0 Å². The number of benzene rings is 1. The molecule has 21 heavy (non-hydrogen) atoms. The van der Waals surface area contributed by atoms with Gasteiger partial charge in [-0.1, -0.05) is 25.1 Å². The minimum atomic E-state index is -0.815. The van der Waals surface area contributed by atoms with Crippen LogP contribution in [0.1, 0.15) is 31.2 Å². The smallest absolute Gasteiger partial charge is 0.191 e. The summed E-state index contributed by atoms with van der Waals surface area (Å²) in [4.78, 5) is 4.18. The highest BCUT2D eigenvalue weighted by Crippen LogP contribution is 2.17. The van der Waals surface area contributed by atoms with Crippen LogP contribution in [0.25, 0.3) is 0 Å². The van der Waals surface area contributed by atoms with Crippen molar-refractivity contribution in [3.63, 3.8) is 0 Å². The number of nitrogens with one attached hydrogen (secondary N) is 2. The fourth-order valence-corrected chi connectivity index (χ4v) is 2.31. The van der Waals surface area contributed by atoms with E-state index >= 15 is 0 Å². The Morgan fingerprint density at radius 1 is 1.29 bits per heavy atom. The van der Waals surface area contributed by atoms with Crippen molar-refractivity contribution >= 4 is 5.96 Å². The van der Waals surface area contributed by atoms with Crippen molar-refractivity contribution in [1.29, 1.82) is 0 Å². The Morgan fingerprint density at radius 3 is 2.62 bits per heavy atom. The van der Waals surface area contributed by atoms with Gasteiger partial charge < -0.3 is 10.6 Å². The Hall–Kier alpha value is -1.91. The lowest BCUT2D eigenvalue weighted by molar-refractivity contribution is 0.505. The van der Waals surface area contributed by atoms with Crippen LogP contribution in [0.2, 0.25) is 0 Å². The maximum atomic E-state index is 13.2. The van der Waals surface area contributed by atoms with Crippen LogP contribution in [0, 0.1) is 11.6 Å². The van der Waals surface area contributed by atoms with Gasteiger partial charge in [0.1, 0.15) is 0 Å². The number of hydrogen-bond acceptors (Lipinski definition) is 1. The second-order valence-electron chi connectivity index (χ2n) is 5.31. The van der Waals surface area contributed by atoms with Gasteiger partial charge in [-0.2, -0.15) is 0 Å². The molecule has 3 nitrogen and oxygen atoms in total. The molecule has 0 heterocycles. The third-order valence-corrected chi connectivity index (χ3v) is 3.66. The minimum absolute atomic E-state index is 0.0559. The molecule has 0 saturated heterocycles. The van der Waals surface area contributed by atoms with E-state index in [0.717, 1.165) is 24.4 Å². The topological polar surface area (TPSA) is 36.4 Å². The predicted octanol–water partition coefficient (Wildman–Crippen LogP) is 2.95. The van der Waals surface area contributed by atoms with E-state index in [1.807, 2.05) is 6.92 Å². The van der Waals surface area contributed by atoms with E-state index in [1.165, 1.54) is 12.1 Å². The van der Waals surface area contributed by atoms with Crippen molar-refractivity contribution in [2.75, 3.05) is 13.6 Å². The molecule has 0 aromatic heterocycles. The van der Waals surface area contributed by atoms with Crippen LogP contribution in [-0.2, 0) is 0 Å². The van der Waals surface area contributed by atoms with Gasteiger partial charge in [-0.3, -0.25) is 4.99 Å². The summed E-state index contributed by atoms with van der Waals surface area (Å²) < 4.78 is 26.2. The molecular formula is C16H21F2N3. The number of halogens is 2. The first-order valence-electron chi connectivity index (χ1n) is 7.17. The first-order chi connectivity index (χ1) is 10.1. The number of guanidine groups is 1. The van der Waals surface area contributed by atoms with Gasteiger partial charge in [0.15, 0.2) is 17.6 Å². The van der Waals surface area contributed by atoms with Gasteiger partial charge in [0.25, 0.3) is 0 Å². The molecule has 114 valence electrons. The molecule has 0 radical (unpaired) electrons. The van der Waals surface area contributed by atoms with Crippen LogP contribution in [0.5, 0.6) is 0 Å². The highest BCUT2D eigenvalue weighted by atomic mass is 19.2. The highest BCUT2D eigenvalue weighted by Gasteiger charge is 2.13. The van der Waals surface area contributed by atoms with Crippen LogP contribution in [0.3, 0.4) is 0 Å². The summed E-state index contributed by atoms with van der Waals surface area (Å²) in [7, 11) is 1.72. The zero-order valence-electron chi connectivity index (χ0n) is 12.4. The van der Waals surface area contributed by atoms with Crippen molar-refractivity contribution < 1.29 is 8.78 Å². The second-order valence-corrected chi connectivity index (χ2v) is 5.31. The van der Waals surface area contributed by atoms with Crippen molar-refractivity contribution in [1.82, 2.24) is 10.6 Å².